The second-order valence-electron chi connectivity index (χ2n) is 5.48. The lowest BCUT2D eigenvalue weighted by Gasteiger charge is -2.14. The molecule has 0 spiro atoms. The van der Waals surface area contributed by atoms with Crippen LogP contribution >= 0.6 is 24.8 Å². The predicted molar refractivity (Wildman–Crippen MR) is 95.9 cm³/mol. The van der Waals surface area contributed by atoms with Gasteiger partial charge in [0.1, 0.15) is 12.0 Å². The normalized spacial score (nSPS) is 19.2. The lowest BCUT2D eigenvalue weighted by atomic mass is 10.1. The van der Waals surface area contributed by atoms with E-state index in [-0.39, 0.29) is 43.7 Å². The van der Waals surface area contributed by atoms with Gasteiger partial charge in [-0.3, -0.25) is 4.79 Å². The van der Waals surface area contributed by atoms with Crippen LogP contribution in [0, 0.1) is 6.92 Å². The van der Waals surface area contributed by atoms with Crippen molar-refractivity contribution in [1.82, 2.24) is 20.2 Å². The van der Waals surface area contributed by atoms with E-state index in [1.165, 1.54) is 0 Å². The van der Waals surface area contributed by atoms with Crippen molar-refractivity contribution >= 4 is 30.7 Å². The third kappa shape index (κ3) is 4.47. The minimum Gasteiger partial charge on any atom is -0.351 e. The van der Waals surface area contributed by atoms with Crippen molar-refractivity contribution < 1.29 is 9.18 Å². The summed E-state index contributed by atoms with van der Waals surface area (Å²) < 4.78 is 15.1. The van der Waals surface area contributed by atoms with Crippen LogP contribution in [0.1, 0.15) is 17.8 Å². The second-order valence-corrected chi connectivity index (χ2v) is 5.48. The Hall–Kier alpha value is -1.63. The van der Waals surface area contributed by atoms with Crippen LogP contribution in [0.5, 0.6) is 0 Å². The summed E-state index contributed by atoms with van der Waals surface area (Å²) in [7, 11) is 0. The fraction of sp³-hybridized carbons (Fsp3) is 0.375. The zero-order valence-electron chi connectivity index (χ0n) is 13.2. The fourth-order valence-electron chi connectivity index (χ4n) is 2.73. The Balaban J connectivity index is 0.00000144. The van der Waals surface area contributed by atoms with E-state index in [2.05, 4.69) is 15.6 Å². The third-order valence-electron chi connectivity index (χ3n) is 3.92. The van der Waals surface area contributed by atoms with E-state index in [0.717, 1.165) is 17.1 Å². The van der Waals surface area contributed by atoms with Crippen LogP contribution in [0.4, 0.5) is 4.39 Å². The molecule has 132 valence electrons. The maximum Gasteiger partial charge on any atom is 0.237 e. The number of carbonyl (C=O) groups excluding carboxylic acids is 1. The lowest BCUT2D eigenvalue weighted by molar-refractivity contribution is -0.123. The maximum absolute atomic E-state index is 13.1. The number of aryl methyl sites for hydroxylation is 1. The minimum atomic E-state index is -0.934. The first kappa shape index (κ1) is 20.4. The lowest BCUT2D eigenvalue weighted by Crippen LogP contribution is -2.40. The number of nitrogens with zero attached hydrogens (tertiary/aromatic N) is 2. The quantitative estimate of drug-likeness (QED) is 0.863. The minimum absolute atomic E-state index is 0. The number of hydrogen-bond acceptors (Lipinski definition) is 3. The van der Waals surface area contributed by atoms with Gasteiger partial charge in [0.05, 0.1) is 11.7 Å². The summed E-state index contributed by atoms with van der Waals surface area (Å²) in [6.07, 6.45) is 2.95. The summed E-state index contributed by atoms with van der Waals surface area (Å²) >= 11 is 0. The number of halogens is 3. The van der Waals surface area contributed by atoms with Crippen molar-refractivity contribution in [2.45, 2.75) is 32.1 Å². The van der Waals surface area contributed by atoms with Crippen molar-refractivity contribution in [2.75, 3.05) is 6.54 Å². The van der Waals surface area contributed by atoms with Crippen molar-refractivity contribution in [3.8, 4) is 5.69 Å². The molecule has 2 heterocycles. The topological polar surface area (TPSA) is 59.0 Å². The molecular weight excluding hydrogens is 354 g/mol. The van der Waals surface area contributed by atoms with Gasteiger partial charge in [-0.25, -0.2) is 9.37 Å². The van der Waals surface area contributed by atoms with E-state index in [1.54, 1.807) is 6.20 Å². The van der Waals surface area contributed by atoms with Crippen LogP contribution in [-0.2, 0) is 11.3 Å². The molecule has 1 aliphatic rings. The number of aromatic nitrogens is 2. The first-order chi connectivity index (χ1) is 10.6. The highest BCUT2D eigenvalue weighted by atomic mass is 35.5. The van der Waals surface area contributed by atoms with Gasteiger partial charge < -0.3 is 15.2 Å². The Morgan fingerprint density at radius 1 is 1.42 bits per heavy atom. The molecule has 8 heteroatoms. The Morgan fingerprint density at radius 3 is 2.79 bits per heavy atom. The van der Waals surface area contributed by atoms with Crippen molar-refractivity contribution in [3.05, 3.63) is 48.0 Å². The first-order valence-electron chi connectivity index (χ1n) is 7.38. The zero-order valence-corrected chi connectivity index (χ0v) is 14.9. The molecule has 1 fully saturated rings. The van der Waals surface area contributed by atoms with Gasteiger partial charge in [-0.2, -0.15) is 0 Å². The Morgan fingerprint density at radius 2 is 2.17 bits per heavy atom. The molecule has 1 aliphatic heterocycles. The van der Waals surface area contributed by atoms with Crippen LogP contribution in [0.3, 0.4) is 0 Å². The van der Waals surface area contributed by atoms with Crippen LogP contribution < -0.4 is 10.6 Å². The molecular formula is C16H21Cl2FN4O. The van der Waals surface area contributed by atoms with E-state index in [9.17, 15) is 9.18 Å². The molecule has 5 nitrogen and oxygen atoms in total. The number of para-hydroxylation sites is 1. The molecule has 0 bridgehead atoms. The van der Waals surface area contributed by atoms with E-state index >= 15 is 0 Å². The molecule has 0 unspecified atom stereocenters. The Bertz CT molecular complexity index is 680. The Labute approximate surface area is 152 Å². The summed E-state index contributed by atoms with van der Waals surface area (Å²) in [6, 6.07) is 7.41. The average molecular weight is 375 g/mol. The smallest absolute Gasteiger partial charge is 0.237 e. The van der Waals surface area contributed by atoms with E-state index in [1.807, 2.05) is 42.0 Å². The average Bonchev–Trinajstić information content (AvgIpc) is 3.14. The second kappa shape index (κ2) is 9.01. The van der Waals surface area contributed by atoms with E-state index < -0.39 is 12.2 Å². The first-order valence-corrected chi connectivity index (χ1v) is 7.38. The van der Waals surface area contributed by atoms with Gasteiger partial charge in [-0.1, -0.05) is 18.2 Å². The highest BCUT2D eigenvalue weighted by molar-refractivity contribution is 5.85. The number of alkyl halides is 1. The summed E-state index contributed by atoms with van der Waals surface area (Å²) in [5.74, 6) is 0.730. The van der Waals surface area contributed by atoms with Gasteiger partial charge in [0, 0.05) is 31.9 Å². The zero-order chi connectivity index (χ0) is 15.5. The predicted octanol–water partition coefficient (Wildman–Crippen LogP) is 2.34. The number of imidazole rings is 1. The van der Waals surface area contributed by atoms with Gasteiger partial charge in [0.25, 0.3) is 0 Å². The molecule has 1 amide bonds. The van der Waals surface area contributed by atoms with E-state index in [0.29, 0.717) is 6.54 Å². The molecule has 0 radical (unpaired) electrons. The van der Waals surface area contributed by atoms with Crippen LogP contribution in [-0.4, -0.2) is 34.2 Å². The van der Waals surface area contributed by atoms with Gasteiger partial charge in [0.2, 0.25) is 5.91 Å². The SMILES string of the molecule is Cc1nccn1-c1ccccc1CNC(=O)[C@H]1C[C@H](F)CN1.Cl.Cl. The summed E-state index contributed by atoms with van der Waals surface area (Å²) in [6.45, 7) is 2.59. The van der Waals surface area contributed by atoms with E-state index in [4.69, 9.17) is 0 Å². The number of carbonyl (C=O) groups is 1. The molecule has 2 aromatic rings. The molecule has 2 N–H and O–H groups in total. The highest BCUT2D eigenvalue weighted by Crippen LogP contribution is 2.16. The van der Waals surface area contributed by atoms with Gasteiger partial charge in [-0.05, 0) is 18.6 Å². The molecule has 1 aromatic heterocycles. The molecule has 1 saturated heterocycles. The molecule has 0 aliphatic carbocycles. The van der Waals surface area contributed by atoms with Gasteiger partial charge in [0.15, 0.2) is 0 Å². The number of nitrogens with one attached hydrogen (secondary N) is 2. The molecule has 2 atom stereocenters. The fourth-order valence-corrected chi connectivity index (χ4v) is 2.73. The monoisotopic (exact) mass is 374 g/mol. The summed E-state index contributed by atoms with van der Waals surface area (Å²) in [4.78, 5) is 16.3. The van der Waals surface area contributed by atoms with Crippen LogP contribution in [0.2, 0.25) is 0 Å². The standard InChI is InChI=1S/C16H19FN4O.2ClH/c1-11-18-6-7-21(11)15-5-3-2-4-12(15)9-20-16(22)14-8-13(17)10-19-14;;/h2-7,13-14,19H,8-10H2,1H3,(H,20,22);2*1H/t13-,14+;;/m0../s1. The van der Waals surface area contributed by atoms with Crippen molar-refractivity contribution in [3.63, 3.8) is 0 Å². The molecule has 1 aromatic carbocycles. The van der Waals surface area contributed by atoms with Crippen molar-refractivity contribution in [2.24, 2.45) is 0 Å². The third-order valence-corrected chi connectivity index (χ3v) is 3.92. The highest BCUT2D eigenvalue weighted by Gasteiger charge is 2.28. The van der Waals surface area contributed by atoms with Crippen molar-refractivity contribution in [1.29, 1.82) is 0 Å². The van der Waals surface area contributed by atoms with Crippen LogP contribution in [0.25, 0.3) is 5.69 Å². The van der Waals surface area contributed by atoms with Gasteiger partial charge >= 0.3 is 0 Å². The Kier molecular flexibility index (Phi) is 7.66. The molecule has 24 heavy (non-hydrogen) atoms. The number of rotatable bonds is 4. The number of amides is 1. The summed E-state index contributed by atoms with van der Waals surface area (Å²) in [5.41, 5.74) is 1.98. The number of hydrogen-bond donors (Lipinski definition) is 2. The molecule has 3 rings (SSSR count). The van der Waals surface area contributed by atoms with Gasteiger partial charge in [-0.15, -0.1) is 24.8 Å². The summed E-state index contributed by atoms with van der Waals surface area (Å²) in [5, 5.41) is 5.77. The largest absolute Gasteiger partial charge is 0.351 e. The molecule has 0 saturated carbocycles. The maximum atomic E-state index is 13.1. The van der Waals surface area contributed by atoms with Crippen LogP contribution in [0.15, 0.2) is 36.7 Å². The number of benzene rings is 1.